The van der Waals surface area contributed by atoms with E-state index in [2.05, 4.69) is 77.6 Å². The predicted molar refractivity (Wildman–Crippen MR) is 183 cm³/mol. The molecule has 5 rings (SSSR count). The first-order chi connectivity index (χ1) is 21.8. The second kappa shape index (κ2) is 12.9. The third kappa shape index (κ3) is 7.44. The molecule has 0 aromatic heterocycles. The van der Waals surface area contributed by atoms with Gasteiger partial charge in [-0.1, -0.05) is 120 Å². The molecule has 0 radical (unpaired) electrons. The van der Waals surface area contributed by atoms with Gasteiger partial charge in [-0.2, -0.15) is 0 Å². The molecule has 0 atom stereocenters. The Hall–Kier alpha value is -5.41. The Bertz CT molecular complexity index is 1940. The van der Waals surface area contributed by atoms with E-state index < -0.39 is 10.9 Å². The van der Waals surface area contributed by atoms with Crippen LogP contribution in [-0.4, -0.2) is 10.9 Å². The van der Waals surface area contributed by atoms with Crippen LogP contribution < -0.4 is 9.47 Å². The monoisotopic (exact) mass is 611 g/mol. The first-order valence-electron chi connectivity index (χ1n) is 15.2. The number of nitrogens with zero attached hydrogens (tertiary/aromatic N) is 1. The van der Waals surface area contributed by atoms with Crippen LogP contribution in [0.25, 0.3) is 21.9 Å². The fraction of sp³-hybridized carbons (Fsp3) is 0.225. The number of esters is 1. The van der Waals surface area contributed by atoms with E-state index in [0.717, 1.165) is 27.5 Å². The molecule has 6 nitrogen and oxygen atoms in total. The van der Waals surface area contributed by atoms with Gasteiger partial charge in [-0.25, -0.2) is 4.79 Å². The lowest BCUT2D eigenvalue weighted by Crippen LogP contribution is -2.17. The fourth-order valence-corrected chi connectivity index (χ4v) is 5.11. The molecule has 0 unspecified atom stereocenters. The molecule has 0 amide bonds. The van der Waals surface area contributed by atoms with Crippen molar-refractivity contribution in [2.75, 3.05) is 0 Å². The molecule has 0 saturated carbocycles. The number of benzene rings is 5. The van der Waals surface area contributed by atoms with Gasteiger partial charge in [0.15, 0.2) is 0 Å². The molecular formula is C40H37NO5. The number of non-ortho nitro benzene ring substituents is 1. The van der Waals surface area contributed by atoms with Gasteiger partial charge in [0.05, 0.1) is 10.5 Å². The van der Waals surface area contributed by atoms with Crippen molar-refractivity contribution in [2.45, 2.75) is 59.0 Å². The lowest BCUT2D eigenvalue weighted by molar-refractivity contribution is -0.384. The summed E-state index contributed by atoms with van der Waals surface area (Å²) >= 11 is 0. The van der Waals surface area contributed by atoms with Crippen LogP contribution in [0.5, 0.6) is 11.5 Å². The number of ether oxygens (including phenoxy) is 2. The molecule has 0 spiro atoms. The van der Waals surface area contributed by atoms with Crippen LogP contribution in [0.3, 0.4) is 0 Å². The number of carbonyl (C=O) groups excluding carboxylic acids is 1. The Kier molecular flexibility index (Phi) is 8.98. The van der Waals surface area contributed by atoms with Gasteiger partial charge in [-0.15, -0.1) is 0 Å². The normalized spacial score (nSPS) is 11.4. The van der Waals surface area contributed by atoms with E-state index >= 15 is 0 Å². The quantitative estimate of drug-likeness (QED) is 0.0628. The first kappa shape index (κ1) is 32.0. The molecule has 6 heteroatoms. The smallest absolute Gasteiger partial charge is 0.390 e. The third-order valence-electron chi connectivity index (χ3n) is 7.74. The molecule has 0 fully saturated rings. The molecule has 5 aromatic rings. The molecular weight excluding hydrogens is 574 g/mol. The Morgan fingerprint density at radius 2 is 1.39 bits per heavy atom. The second-order valence-electron chi connectivity index (χ2n) is 13.3. The summed E-state index contributed by atoms with van der Waals surface area (Å²) in [4.78, 5) is 23.4. The van der Waals surface area contributed by atoms with Gasteiger partial charge in [0.25, 0.3) is 5.69 Å². The van der Waals surface area contributed by atoms with Gasteiger partial charge in [0.1, 0.15) is 18.1 Å². The molecule has 0 aliphatic rings. The molecule has 0 heterocycles. The summed E-state index contributed by atoms with van der Waals surface area (Å²) in [7, 11) is 0. The maximum atomic E-state index is 12.9. The fourth-order valence-electron chi connectivity index (χ4n) is 5.11. The second-order valence-corrected chi connectivity index (χ2v) is 13.3. The number of carbonyl (C=O) groups is 1. The van der Waals surface area contributed by atoms with Crippen LogP contribution >= 0.6 is 0 Å². The van der Waals surface area contributed by atoms with Crippen molar-refractivity contribution in [3.05, 3.63) is 135 Å². The Morgan fingerprint density at radius 3 is 2.00 bits per heavy atom. The van der Waals surface area contributed by atoms with E-state index in [1.165, 1.54) is 35.4 Å². The largest absolute Gasteiger partial charge is 0.487 e. The highest BCUT2D eigenvalue weighted by atomic mass is 16.6. The van der Waals surface area contributed by atoms with Crippen LogP contribution in [0.4, 0.5) is 5.69 Å². The zero-order chi connectivity index (χ0) is 33.1. The zero-order valence-corrected chi connectivity index (χ0v) is 27.0. The maximum Gasteiger partial charge on any atom is 0.390 e. The summed E-state index contributed by atoms with van der Waals surface area (Å²) in [6, 6.07) is 31.9. The summed E-state index contributed by atoms with van der Waals surface area (Å²) in [6.07, 6.45) is 0. The lowest BCUT2D eigenvalue weighted by atomic mass is 9.79. The number of hydrogen-bond donors (Lipinski definition) is 0. The maximum absolute atomic E-state index is 12.9. The highest BCUT2D eigenvalue weighted by molar-refractivity contribution is 5.99. The molecule has 0 saturated heterocycles. The van der Waals surface area contributed by atoms with Crippen molar-refractivity contribution in [1.29, 1.82) is 0 Å². The number of nitro benzene ring substituents is 1. The Labute approximate surface area is 270 Å². The standard InChI is InChI=1S/C40H37NO5/c1-39(2,3)30-22-27(23-31(25-30)40(4,5)6)26-45-38-35(20-21-37(42)46-33-18-16-32(17-19-33)41(43)44)34-15-11-10-14-29(34)24-36(38)28-12-8-7-9-13-28/h7-19,22-25H,26H2,1-6H3. The highest BCUT2D eigenvalue weighted by Crippen LogP contribution is 2.39. The van der Waals surface area contributed by atoms with Gasteiger partial charge in [-0.05, 0) is 56.7 Å². The van der Waals surface area contributed by atoms with Crippen molar-refractivity contribution >= 4 is 22.4 Å². The zero-order valence-electron chi connectivity index (χ0n) is 27.0. The summed E-state index contributed by atoms with van der Waals surface area (Å²) < 4.78 is 12.1. The lowest BCUT2D eigenvalue weighted by Gasteiger charge is -2.26. The van der Waals surface area contributed by atoms with Crippen molar-refractivity contribution in [1.82, 2.24) is 0 Å². The van der Waals surface area contributed by atoms with Gasteiger partial charge in [0, 0.05) is 29.0 Å². The number of fused-ring (bicyclic) bond motifs is 1. The minimum atomic E-state index is -0.790. The van der Waals surface area contributed by atoms with E-state index in [1.807, 2.05) is 54.6 Å². The van der Waals surface area contributed by atoms with E-state index in [0.29, 0.717) is 17.9 Å². The minimum absolute atomic E-state index is 0.0468. The molecule has 0 bridgehead atoms. The summed E-state index contributed by atoms with van der Waals surface area (Å²) in [5.74, 6) is 5.64. The van der Waals surface area contributed by atoms with Crippen molar-refractivity contribution in [3.63, 3.8) is 0 Å². The molecule has 0 aliphatic carbocycles. The van der Waals surface area contributed by atoms with Gasteiger partial charge in [0.2, 0.25) is 0 Å². The third-order valence-corrected chi connectivity index (χ3v) is 7.74. The van der Waals surface area contributed by atoms with Crippen molar-refractivity contribution < 1.29 is 19.2 Å². The van der Waals surface area contributed by atoms with Crippen molar-refractivity contribution in [3.8, 4) is 34.5 Å². The van der Waals surface area contributed by atoms with Crippen LogP contribution in [0.15, 0.2) is 103 Å². The summed E-state index contributed by atoms with van der Waals surface area (Å²) in [5.41, 5.74) is 5.70. The average molecular weight is 612 g/mol. The summed E-state index contributed by atoms with van der Waals surface area (Å²) in [6.45, 7) is 13.5. The number of nitro groups is 1. The van der Waals surface area contributed by atoms with Gasteiger partial charge >= 0.3 is 5.97 Å². The SMILES string of the molecule is CC(C)(C)c1cc(COc2c(-c3ccccc3)cc3ccccc3c2C#CC(=O)Oc2ccc([N+](=O)[O-])cc2)cc(C(C)(C)C)c1. The Balaban J connectivity index is 1.60. The van der Waals surface area contributed by atoms with Crippen LogP contribution in [0, 0.1) is 22.0 Å². The molecule has 5 aromatic carbocycles. The molecule has 46 heavy (non-hydrogen) atoms. The van der Waals surface area contributed by atoms with E-state index in [-0.39, 0.29) is 22.3 Å². The van der Waals surface area contributed by atoms with Gasteiger partial charge in [-0.3, -0.25) is 10.1 Å². The highest BCUT2D eigenvalue weighted by Gasteiger charge is 2.22. The minimum Gasteiger partial charge on any atom is -0.487 e. The number of hydrogen-bond acceptors (Lipinski definition) is 5. The summed E-state index contributed by atoms with van der Waals surface area (Å²) in [5, 5.41) is 12.8. The first-order valence-corrected chi connectivity index (χ1v) is 15.2. The Morgan fingerprint density at radius 1 is 0.783 bits per heavy atom. The van der Waals surface area contributed by atoms with Crippen LogP contribution in [-0.2, 0) is 22.2 Å². The van der Waals surface area contributed by atoms with Crippen LogP contribution in [0.2, 0.25) is 0 Å². The molecule has 0 N–H and O–H groups in total. The van der Waals surface area contributed by atoms with E-state index in [4.69, 9.17) is 9.47 Å². The van der Waals surface area contributed by atoms with Crippen molar-refractivity contribution in [2.24, 2.45) is 0 Å². The van der Waals surface area contributed by atoms with Crippen LogP contribution in [0.1, 0.15) is 63.8 Å². The number of rotatable bonds is 6. The predicted octanol–water partition coefficient (Wildman–Crippen LogP) is 9.55. The molecule has 232 valence electrons. The van der Waals surface area contributed by atoms with Gasteiger partial charge < -0.3 is 9.47 Å². The molecule has 0 aliphatic heterocycles. The average Bonchev–Trinajstić information content (AvgIpc) is 3.02. The van der Waals surface area contributed by atoms with E-state index in [9.17, 15) is 14.9 Å². The topological polar surface area (TPSA) is 78.7 Å². The van der Waals surface area contributed by atoms with E-state index in [1.54, 1.807) is 0 Å².